The molecule has 0 saturated carbocycles. The van der Waals surface area contributed by atoms with Crippen LogP contribution in [-0.2, 0) is 11.3 Å². The molecule has 2 heterocycles. The number of carbonyl (C=O) groups excluding carboxylic acids is 1. The van der Waals surface area contributed by atoms with Crippen LogP contribution in [0.4, 0.5) is 0 Å². The maximum Gasteiger partial charge on any atom is 0.209 e. The van der Waals surface area contributed by atoms with Crippen molar-refractivity contribution in [2.24, 2.45) is 0 Å². The van der Waals surface area contributed by atoms with Gasteiger partial charge in [0.25, 0.3) is 0 Å². The molecule has 1 aromatic carbocycles. The van der Waals surface area contributed by atoms with Gasteiger partial charge in [-0.05, 0) is 31.5 Å². The van der Waals surface area contributed by atoms with Crippen molar-refractivity contribution in [3.8, 4) is 0 Å². The van der Waals surface area contributed by atoms with Gasteiger partial charge in [0.05, 0.1) is 12.6 Å². The van der Waals surface area contributed by atoms with E-state index in [0.29, 0.717) is 12.4 Å². The van der Waals surface area contributed by atoms with E-state index < -0.39 is 0 Å². The Hall–Kier alpha value is -1.68. The van der Waals surface area contributed by atoms with Crippen molar-refractivity contribution in [2.75, 3.05) is 6.54 Å². The number of oxazole rings is 1. The number of nitrogens with zero attached hydrogens (tertiary/aromatic N) is 2. The Morgan fingerprint density at radius 2 is 2.28 bits per heavy atom. The number of hydrogen-bond acceptors (Lipinski definition) is 4. The summed E-state index contributed by atoms with van der Waals surface area (Å²) in [5.41, 5.74) is 1.69. The molecule has 94 valence electrons. The minimum absolute atomic E-state index is 0.0220. The van der Waals surface area contributed by atoms with Crippen LogP contribution in [-0.4, -0.2) is 28.8 Å². The van der Waals surface area contributed by atoms with Crippen molar-refractivity contribution in [1.29, 1.82) is 0 Å². The average molecular weight is 244 g/mol. The lowest BCUT2D eigenvalue weighted by Gasteiger charge is -2.30. The number of para-hydroxylation sites is 2. The smallest absolute Gasteiger partial charge is 0.209 e. The molecule has 3 rings (SSSR count). The second-order valence-corrected chi connectivity index (χ2v) is 4.75. The topological polar surface area (TPSA) is 46.3 Å². The zero-order valence-electron chi connectivity index (χ0n) is 10.2. The van der Waals surface area contributed by atoms with E-state index in [4.69, 9.17) is 4.42 Å². The van der Waals surface area contributed by atoms with Gasteiger partial charge in [-0.3, -0.25) is 4.90 Å². The third kappa shape index (κ3) is 2.16. The van der Waals surface area contributed by atoms with Gasteiger partial charge in [0.1, 0.15) is 11.8 Å². The van der Waals surface area contributed by atoms with Gasteiger partial charge < -0.3 is 9.21 Å². The number of rotatable bonds is 3. The number of piperidine rings is 1. The minimum Gasteiger partial charge on any atom is -0.439 e. The molecule has 4 heteroatoms. The Morgan fingerprint density at radius 3 is 3.11 bits per heavy atom. The van der Waals surface area contributed by atoms with Gasteiger partial charge in [-0.1, -0.05) is 18.6 Å². The van der Waals surface area contributed by atoms with Gasteiger partial charge in [-0.2, -0.15) is 0 Å². The lowest BCUT2D eigenvalue weighted by molar-refractivity contribution is -0.113. The molecule has 4 nitrogen and oxygen atoms in total. The Kier molecular flexibility index (Phi) is 3.11. The van der Waals surface area contributed by atoms with Crippen LogP contribution in [0.25, 0.3) is 11.1 Å². The van der Waals surface area contributed by atoms with Crippen molar-refractivity contribution < 1.29 is 9.21 Å². The first-order valence-electron chi connectivity index (χ1n) is 6.40. The molecule has 1 atom stereocenters. The van der Waals surface area contributed by atoms with Crippen molar-refractivity contribution in [2.45, 2.75) is 31.8 Å². The standard InChI is InChI=1S/C14H16N2O2/c17-10-11-5-3-4-8-16(11)9-14-15-12-6-1-2-7-13(12)18-14/h1-2,6-7,10-11H,3-5,8-9H2. The number of aldehydes is 1. The Balaban J connectivity index is 1.80. The molecule has 0 spiro atoms. The summed E-state index contributed by atoms with van der Waals surface area (Å²) in [6, 6.07) is 7.76. The van der Waals surface area contributed by atoms with Crippen LogP contribution in [0.2, 0.25) is 0 Å². The van der Waals surface area contributed by atoms with Gasteiger partial charge in [-0.25, -0.2) is 4.98 Å². The molecule has 18 heavy (non-hydrogen) atoms. The highest BCUT2D eigenvalue weighted by atomic mass is 16.3. The molecule has 1 saturated heterocycles. The highest BCUT2D eigenvalue weighted by Crippen LogP contribution is 2.20. The number of aromatic nitrogens is 1. The summed E-state index contributed by atoms with van der Waals surface area (Å²) in [5, 5.41) is 0. The molecule has 1 aliphatic rings. The predicted molar refractivity (Wildman–Crippen MR) is 68.1 cm³/mol. The van der Waals surface area contributed by atoms with Gasteiger partial charge >= 0.3 is 0 Å². The SMILES string of the molecule is O=CC1CCCCN1Cc1nc2ccccc2o1. The minimum atomic E-state index is 0.0220. The van der Waals surface area contributed by atoms with Crippen molar-refractivity contribution in [3.63, 3.8) is 0 Å². The van der Waals surface area contributed by atoms with Crippen LogP contribution in [0.3, 0.4) is 0 Å². The van der Waals surface area contributed by atoms with E-state index in [9.17, 15) is 4.79 Å². The molecule has 0 N–H and O–H groups in total. The highest BCUT2D eigenvalue weighted by Gasteiger charge is 2.23. The van der Waals surface area contributed by atoms with Crippen LogP contribution in [0.5, 0.6) is 0 Å². The summed E-state index contributed by atoms with van der Waals surface area (Å²) in [6.07, 6.45) is 4.27. The Morgan fingerprint density at radius 1 is 1.39 bits per heavy atom. The zero-order chi connectivity index (χ0) is 12.4. The van der Waals surface area contributed by atoms with Crippen LogP contribution in [0.15, 0.2) is 28.7 Å². The van der Waals surface area contributed by atoms with Crippen LogP contribution < -0.4 is 0 Å². The van der Waals surface area contributed by atoms with E-state index in [2.05, 4.69) is 9.88 Å². The average Bonchev–Trinajstić information content (AvgIpc) is 2.81. The van der Waals surface area contributed by atoms with Crippen LogP contribution in [0.1, 0.15) is 25.2 Å². The van der Waals surface area contributed by atoms with E-state index in [0.717, 1.165) is 43.2 Å². The number of benzene rings is 1. The van der Waals surface area contributed by atoms with E-state index >= 15 is 0 Å². The van der Waals surface area contributed by atoms with E-state index in [1.807, 2.05) is 24.3 Å². The Bertz CT molecular complexity index is 516. The summed E-state index contributed by atoms with van der Waals surface area (Å²) in [4.78, 5) is 17.6. The second-order valence-electron chi connectivity index (χ2n) is 4.75. The molecular formula is C14H16N2O2. The Labute approximate surface area is 106 Å². The van der Waals surface area contributed by atoms with Crippen molar-refractivity contribution in [1.82, 2.24) is 9.88 Å². The zero-order valence-corrected chi connectivity index (χ0v) is 10.2. The summed E-state index contributed by atoms with van der Waals surface area (Å²) in [5.74, 6) is 0.699. The summed E-state index contributed by atoms with van der Waals surface area (Å²) in [7, 11) is 0. The van der Waals surface area contributed by atoms with Gasteiger partial charge in [-0.15, -0.1) is 0 Å². The third-order valence-corrected chi connectivity index (χ3v) is 3.50. The van der Waals surface area contributed by atoms with Crippen molar-refractivity contribution in [3.05, 3.63) is 30.2 Å². The maximum absolute atomic E-state index is 11.0. The lowest BCUT2D eigenvalue weighted by Crippen LogP contribution is -2.39. The molecule has 0 radical (unpaired) electrons. The molecule has 1 fully saturated rings. The summed E-state index contributed by atoms with van der Waals surface area (Å²) >= 11 is 0. The number of carbonyl (C=O) groups is 1. The van der Waals surface area contributed by atoms with Gasteiger partial charge in [0, 0.05) is 0 Å². The molecule has 2 aromatic rings. The van der Waals surface area contributed by atoms with Crippen molar-refractivity contribution >= 4 is 17.4 Å². The van der Waals surface area contributed by atoms with Crippen LogP contribution >= 0.6 is 0 Å². The van der Waals surface area contributed by atoms with E-state index in [1.165, 1.54) is 0 Å². The molecule has 1 unspecified atom stereocenters. The van der Waals surface area contributed by atoms with Crippen LogP contribution in [0, 0.1) is 0 Å². The normalized spacial score (nSPS) is 21.2. The van der Waals surface area contributed by atoms with Gasteiger partial charge in [0.15, 0.2) is 5.58 Å². The molecule has 0 aliphatic carbocycles. The first kappa shape index (κ1) is 11.4. The third-order valence-electron chi connectivity index (χ3n) is 3.50. The first-order valence-corrected chi connectivity index (χ1v) is 6.40. The fourth-order valence-corrected chi connectivity index (χ4v) is 2.53. The second kappa shape index (κ2) is 4.90. The monoisotopic (exact) mass is 244 g/mol. The first-order chi connectivity index (χ1) is 8.86. The molecular weight excluding hydrogens is 228 g/mol. The largest absolute Gasteiger partial charge is 0.439 e. The fourth-order valence-electron chi connectivity index (χ4n) is 2.53. The molecule has 1 aliphatic heterocycles. The lowest BCUT2D eigenvalue weighted by atomic mass is 10.0. The van der Waals surface area contributed by atoms with Gasteiger partial charge in [0.2, 0.25) is 5.89 Å². The summed E-state index contributed by atoms with van der Waals surface area (Å²) < 4.78 is 5.69. The highest BCUT2D eigenvalue weighted by molar-refractivity contribution is 5.72. The molecule has 0 bridgehead atoms. The molecule has 0 amide bonds. The number of fused-ring (bicyclic) bond motifs is 1. The maximum atomic E-state index is 11.0. The van der Waals surface area contributed by atoms with E-state index in [1.54, 1.807) is 0 Å². The fraction of sp³-hybridized carbons (Fsp3) is 0.429. The quantitative estimate of drug-likeness (QED) is 0.778. The summed E-state index contributed by atoms with van der Waals surface area (Å²) in [6.45, 7) is 1.57. The number of likely N-dealkylation sites (tertiary alicyclic amines) is 1. The molecule has 1 aromatic heterocycles. The van der Waals surface area contributed by atoms with E-state index in [-0.39, 0.29) is 6.04 Å². The number of hydrogen-bond donors (Lipinski definition) is 0. The predicted octanol–water partition coefficient (Wildman–Crippen LogP) is 2.38.